The zero-order valence-electron chi connectivity index (χ0n) is 11.4. The first kappa shape index (κ1) is 14.1. The summed E-state index contributed by atoms with van der Waals surface area (Å²) in [7, 11) is 0. The molecule has 0 aliphatic heterocycles. The van der Waals surface area contributed by atoms with Crippen LogP contribution in [0, 0.1) is 11.8 Å². The number of ether oxygens (including phenoxy) is 1. The Balaban J connectivity index is 1.87. The predicted octanol–water partition coefficient (Wildman–Crippen LogP) is 3.27. The number of hydrogen-bond acceptors (Lipinski definition) is 2. The van der Waals surface area contributed by atoms with Crippen molar-refractivity contribution >= 4 is 0 Å². The molecule has 0 bridgehead atoms. The van der Waals surface area contributed by atoms with Gasteiger partial charge in [-0.05, 0) is 30.5 Å². The molecule has 102 valence electrons. The van der Waals surface area contributed by atoms with Crippen LogP contribution in [0.15, 0.2) is 24.3 Å². The summed E-state index contributed by atoms with van der Waals surface area (Å²) >= 11 is 0. The fourth-order valence-corrected chi connectivity index (χ4v) is 2.50. The number of benzene rings is 1. The second-order valence-electron chi connectivity index (χ2n) is 5.08. The zero-order valence-corrected chi connectivity index (χ0v) is 11.4. The summed E-state index contributed by atoms with van der Waals surface area (Å²) in [5.74, 6) is 5.60. The lowest BCUT2D eigenvalue weighted by atomic mass is 10.1. The minimum Gasteiger partial charge on any atom is -0.384 e. The van der Waals surface area contributed by atoms with Gasteiger partial charge in [-0.1, -0.05) is 49.7 Å². The van der Waals surface area contributed by atoms with Gasteiger partial charge in [0.2, 0.25) is 0 Å². The van der Waals surface area contributed by atoms with Gasteiger partial charge in [-0.25, -0.2) is 0 Å². The van der Waals surface area contributed by atoms with Crippen molar-refractivity contribution in [3.05, 3.63) is 35.4 Å². The maximum Gasteiger partial charge on any atom is 0.104 e. The van der Waals surface area contributed by atoms with Crippen LogP contribution in [0.1, 0.15) is 49.7 Å². The Hall–Kier alpha value is -1.30. The smallest absolute Gasteiger partial charge is 0.104 e. The van der Waals surface area contributed by atoms with E-state index < -0.39 is 0 Å². The first-order valence-corrected chi connectivity index (χ1v) is 7.19. The molecule has 1 aliphatic rings. The van der Waals surface area contributed by atoms with Crippen LogP contribution in [0.5, 0.6) is 0 Å². The van der Waals surface area contributed by atoms with Crippen molar-refractivity contribution in [1.29, 1.82) is 0 Å². The summed E-state index contributed by atoms with van der Waals surface area (Å²) in [6.07, 6.45) is 8.13. The Morgan fingerprint density at radius 2 is 1.95 bits per heavy atom. The molecule has 1 aliphatic carbocycles. The predicted molar refractivity (Wildman–Crippen MR) is 76.7 cm³/mol. The third-order valence-electron chi connectivity index (χ3n) is 3.53. The second-order valence-corrected chi connectivity index (χ2v) is 5.08. The van der Waals surface area contributed by atoms with Crippen LogP contribution in [0.25, 0.3) is 0 Å². The number of aliphatic hydroxyl groups is 1. The van der Waals surface area contributed by atoms with Crippen molar-refractivity contribution in [2.75, 3.05) is 6.61 Å². The highest BCUT2D eigenvalue weighted by Crippen LogP contribution is 2.21. The fourth-order valence-electron chi connectivity index (χ4n) is 2.50. The Kier molecular flexibility index (Phi) is 5.94. The van der Waals surface area contributed by atoms with E-state index in [1.165, 1.54) is 38.5 Å². The van der Waals surface area contributed by atoms with Crippen LogP contribution in [-0.2, 0) is 11.3 Å². The van der Waals surface area contributed by atoms with Crippen molar-refractivity contribution in [3.8, 4) is 11.8 Å². The maximum absolute atomic E-state index is 8.70. The molecule has 19 heavy (non-hydrogen) atoms. The molecular weight excluding hydrogens is 236 g/mol. The molecule has 1 N–H and O–H groups in total. The summed E-state index contributed by atoms with van der Waals surface area (Å²) in [6.45, 7) is 0.572. The molecule has 0 saturated heterocycles. The third-order valence-corrected chi connectivity index (χ3v) is 3.53. The lowest BCUT2D eigenvalue weighted by Gasteiger charge is -2.15. The van der Waals surface area contributed by atoms with Gasteiger partial charge in [0.15, 0.2) is 0 Å². The topological polar surface area (TPSA) is 29.5 Å². The molecule has 0 amide bonds. The highest BCUT2D eigenvalue weighted by molar-refractivity contribution is 5.36. The van der Waals surface area contributed by atoms with Crippen LogP contribution < -0.4 is 0 Å². The average molecular weight is 258 g/mol. The average Bonchev–Trinajstić information content (AvgIpc) is 2.72. The normalized spacial score (nSPS) is 16.5. The summed E-state index contributed by atoms with van der Waals surface area (Å²) in [5.41, 5.74) is 2.10. The van der Waals surface area contributed by atoms with Gasteiger partial charge in [-0.2, -0.15) is 0 Å². The van der Waals surface area contributed by atoms with Crippen molar-refractivity contribution in [2.45, 2.75) is 51.2 Å². The Morgan fingerprint density at radius 1 is 1.16 bits per heavy atom. The standard InChI is InChI=1S/C17H22O2/c18-12-6-9-15-7-5-8-16(13-15)14-19-17-10-3-1-2-4-11-17/h5,7-8,13,17-18H,1-4,10-12,14H2. The van der Waals surface area contributed by atoms with Crippen LogP contribution in [0.4, 0.5) is 0 Å². The molecule has 0 atom stereocenters. The molecule has 2 heteroatoms. The van der Waals surface area contributed by atoms with Crippen LogP contribution >= 0.6 is 0 Å². The van der Waals surface area contributed by atoms with E-state index in [2.05, 4.69) is 17.9 Å². The van der Waals surface area contributed by atoms with Gasteiger partial charge in [0.05, 0.1) is 12.7 Å². The Labute approximate surface area is 115 Å². The van der Waals surface area contributed by atoms with E-state index in [9.17, 15) is 0 Å². The maximum atomic E-state index is 8.70. The molecule has 0 radical (unpaired) electrons. The molecule has 0 aromatic heterocycles. The zero-order chi connectivity index (χ0) is 13.3. The van der Waals surface area contributed by atoms with E-state index in [1.807, 2.05) is 18.2 Å². The molecule has 0 spiro atoms. The first-order valence-electron chi connectivity index (χ1n) is 7.19. The number of rotatable bonds is 3. The van der Waals surface area contributed by atoms with Gasteiger partial charge in [0, 0.05) is 5.56 Å². The van der Waals surface area contributed by atoms with Gasteiger partial charge in [0.1, 0.15) is 6.61 Å². The van der Waals surface area contributed by atoms with E-state index in [1.54, 1.807) is 0 Å². The number of aliphatic hydroxyl groups excluding tert-OH is 1. The van der Waals surface area contributed by atoms with Crippen molar-refractivity contribution in [1.82, 2.24) is 0 Å². The quantitative estimate of drug-likeness (QED) is 0.666. The van der Waals surface area contributed by atoms with E-state index in [4.69, 9.17) is 9.84 Å². The van der Waals surface area contributed by atoms with E-state index in [-0.39, 0.29) is 6.61 Å². The van der Waals surface area contributed by atoms with E-state index in [0.29, 0.717) is 12.7 Å². The van der Waals surface area contributed by atoms with Crippen molar-refractivity contribution in [2.24, 2.45) is 0 Å². The minimum absolute atomic E-state index is 0.0944. The van der Waals surface area contributed by atoms with Crippen LogP contribution in [0.2, 0.25) is 0 Å². The monoisotopic (exact) mass is 258 g/mol. The molecule has 1 fully saturated rings. The van der Waals surface area contributed by atoms with Gasteiger partial charge >= 0.3 is 0 Å². The molecule has 1 aromatic rings. The second kappa shape index (κ2) is 7.99. The van der Waals surface area contributed by atoms with Crippen LogP contribution in [0.3, 0.4) is 0 Å². The largest absolute Gasteiger partial charge is 0.384 e. The van der Waals surface area contributed by atoms with Gasteiger partial charge in [-0.3, -0.25) is 0 Å². The Morgan fingerprint density at radius 3 is 2.68 bits per heavy atom. The lowest BCUT2D eigenvalue weighted by molar-refractivity contribution is 0.0310. The molecule has 2 rings (SSSR count). The molecule has 1 aromatic carbocycles. The summed E-state index contributed by atoms with van der Waals surface area (Å²) < 4.78 is 6.01. The van der Waals surface area contributed by atoms with Gasteiger partial charge < -0.3 is 9.84 Å². The highest BCUT2D eigenvalue weighted by Gasteiger charge is 2.12. The van der Waals surface area contributed by atoms with Gasteiger partial charge in [0.25, 0.3) is 0 Å². The first-order chi connectivity index (χ1) is 9.38. The molecule has 0 heterocycles. The van der Waals surface area contributed by atoms with Crippen molar-refractivity contribution in [3.63, 3.8) is 0 Å². The fraction of sp³-hybridized carbons (Fsp3) is 0.529. The lowest BCUT2D eigenvalue weighted by Crippen LogP contribution is -2.11. The molecular formula is C17H22O2. The van der Waals surface area contributed by atoms with Crippen LogP contribution in [-0.4, -0.2) is 17.8 Å². The summed E-state index contributed by atoms with van der Waals surface area (Å²) in [5, 5.41) is 8.70. The van der Waals surface area contributed by atoms with Crippen molar-refractivity contribution < 1.29 is 9.84 Å². The SMILES string of the molecule is OCC#Cc1cccc(COC2CCCCCC2)c1. The molecule has 2 nitrogen and oxygen atoms in total. The van der Waals surface area contributed by atoms with Gasteiger partial charge in [-0.15, -0.1) is 0 Å². The highest BCUT2D eigenvalue weighted by atomic mass is 16.5. The summed E-state index contributed by atoms with van der Waals surface area (Å²) in [6, 6.07) is 8.06. The molecule has 1 saturated carbocycles. The van der Waals surface area contributed by atoms with E-state index in [0.717, 1.165) is 11.1 Å². The van der Waals surface area contributed by atoms with E-state index >= 15 is 0 Å². The third kappa shape index (κ3) is 5.06. The molecule has 0 unspecified atom stereocenters. The summed E-state index contributed by atoms with van der Waals surface area (Å²) in [4.78, 5) is 0. The number of hydrogen-bond donors (Lipinski definition) is 1. The minimum atomic E-state index is -0.0944. The Bertz CT molecular complexity index is 434.